The molecule has 10 nitrogen and oxygen atoms in total. The Morgan fingerprint density at radius 2 is 1.79 bits per heavy atom. The van der Waals surface area contributed by atoms with Gasteiger partial charge in [-0.05, 0) is 65.2 Å². The first-order valence-electron chi connectivity index (χ1n) is 14.0. The van der Waals surface area contributed by atoms with Crippen LogP contribution < -0.4 is 5.32 Å². The molecule has 2 rings (SSSR count). The van der Waals surface area contributed by atoms with E-state index in [9.17, 15) is 24.9 Å². The highest BCUT2D eigenvalue weighted by Crippen LogP contribution is 2.35. The highest BCUT2D eigenvalue weighted by Gasteiger charge is 2.44. The summed E-state index contributed by atoms with van der Waals surface area (Å²) >= 11 is 0. The van der Waals surface area contributed by atoms with Crippen LogP contribution in [0.2, 0.25) is 0 Å². The second kappa shape index (κ2) is 13.9. The Morgan fingerprint density at radius 1 is 1.13 bits per heavy atom. The minimum absolute atomic E-state index is 0.0405. The normalized spacial score (nSPS) is 44.1. The smallest absolute Gasteiger partial charge is 0.311 e. The summed E-state index contributed by atoms with van der Waals surface area (Å²) in [7, 11) is 1.50. The Balaban J connectivity index is 2.32. The van der Waals surface area contributed by atoms with Crippen LogP contribution in [-0.2, 0) is 28.5 Å². The fraction of sp³-hybridized carbons (Fsp3) is 0.929. The predicted molar refractivity (Wildman–Crippen MR) is 141 cm³/mol. The molecule has 2 fully saturated rings. The van der Waals surface area contributed by atoms with Crippen molar-refractivity contribution in [3.63, 3.8) is 0 Å². The van der Waals surface area contributed by atoms with Crippen molar-refractivity contribution in [2.75, 3.05) is 20.3 Å². The molecule has 4 N–H and O–H groups in total. The van der Waals surface area contributed by atoms with Crippen molar-refractivity contribution in [3.8, 4) is 0 Å². The molecule has 38 heavy (non-hydrogen) atoms. The van der Waals surface area contributed by atoms with Crippen molar-refractivity contribution >= 4 is 11.9 Å². The molecule has 1 amide bonds. The zero-order valence-corrected chi connectivity index (χ0v) is 24.4. The van der Waals surface area contributed by atoms with Gasteiger partial charge in [0.15, 0.2) is 6.29 Å². The predicted octanol–water partition coefficient (Wildman–Crippen LogP) is 2.16. The lowest BCUT2D eigenvalue weighted by molar-refractivity contribution is -0.233. The van der Waals surface area contributed by atoms with Gasteiger partial charge in [-0.3, -0.25) is 9.59 Å². The maximum atomic E-state index is 13.1. The van der Waals surface area contributed by atoms with E-state index in [1.165, 1.54) is 14.0 Å². The molecule has 10 heteroatoms. The van der Waals surface area contributed by atoms with Crippen LogP contribution in [0.15, 0.2) is 0 Å². The summed E-state index contributed by atoms with van der Waals surface area (Å²) in [6.07, 6.45) is -0.320. The van der Waals surface area contributed by atoms with Crippen molar-refractivity contribution in [2.24, 2.45) is 23.7 Å². The first kappa shape index (κ1) is 32.9. The van der Waals surface area contributed by atoms with E-state index in [1.807, 2.05) is 13.8 Å². The number of amides is 1. The summed E-state index contributed by atoms with van der Waals surface area (Å²) < 4.78 is 23.7. The zero-order chi connectivity index (χ0) is 28.8. The second-order valence-electron chi connectivity index (χ2n) is 12.4. The maximum Gasteiger partial charge on any atom is 0.311 e. The summed E-state index contributed by atoms with van der Waals surface area (Å²) in [6, 6.07) is 0. The molecule has 11 atom stereocenters. The number of nitrogens with one attached hydrogen (secondary N) is 1. The van der Waals surface area contributed by atoms with Crippen LogP contribution in [0.25, 0.3) is 0 Å². The third kappa shape index (κ3) is 9.41. The Hall–Kier alpha value is -1.30. The molecule has 2 aliphatic heterocycles. The van der Waals surface area contributed by atoms with Crippen LogP contribution in [0.3, 0.4) is 0 Å². The molecule has 222 valence electrons. The topological polar surface area (TPSA) is 144 Å². The molecular weight excluding hydrogens is 494 g/mol. The fourth-order valence-corrected chi connectivity index (χ4v) is 5.86. The number of ether oxygens (including phenoxy) is 4. The van der Waals surface area contributed by atoms with Gasteiger partial charge < -0.3 is 39.6 Å². The summed E-state index contributed by atoms with van der Waals surface area (Å²) in [4.78, 5) is 25.0. The van der Waals surface area contributed by atoms with Gasteiger partial charge in [-0.15, -0.1) is 0 Å². The average Bonchev–Trinajstić information content (AvgIpc) is 2.82. The summed E-state index contributed by atoms with van der Waals surface area (Å²) in [6.45, 7) is 11.9. The van der Waals surface area contributed by atoms with E-state index in [1.54, 1.807) is 20.8 Å². The number of hydrogen-bond acceptors (Lipinski definition) is 9. The largest absolute Gasteiger partial charge is 0.462 e. The number of aliphatic hydroxyl groups excluding tert-OH is 1. The first-order valence-corrected chi connectivity index (χ1v) is 14.0. The fourth-order valence-electron chi connectivity index (χ4n) is 5.86. The number of cyclic esters (lactones) is 1. The molecule has 0 saturated carbocycles. The molecule has 0 radical (unpaired) electrons. The molecule has 0 aromatic carbocycles. The van der Waals surface area contributed by atoms with Gasteiger partial charge >= 0.3 is 5.97 Å². The molecule has 2 saturated heterocycles. The Bertz CT molecular complexity index is 763. The number of carbonyl (C=O) groups is 2. The van der Waals surface area contributed by atoms with Crippen LogP contribution in [0.1, 0.15) is 80.6 Å². The monoisotopic (exact) mass is 545 g/mol. The number of aliphatic hydroxyl groups is 3. The maximum absolute atomic E-state index is 13.1. The van der Waals surface area contributed by atoms with E-state index in [0.717, 1.165) is 6.42 Å². The van der Waals surface area contributed by atoms with Crippen molar-refractivity contribution in [1.29, 1.82) is 0 Å². The highest BCUT2D eigenvalue weighted by atomic mass is 16.7. The number of carbonyl (C=O) groups excluding carboxylic acids is 2. The van der Waals surface area contributed by atoms with E-state index in [-0.39, 0.29) is 24.5 Å². The number of esters is 1. The second-order valence-corrected chi connectivity index (χ2v) is 12.4. The molecular formula is C28H51NO9. The third-order valence-electron chi connectivity index (χ3n) is 8.11. The minimum Gasteiger partial charge on any atom is -0.462 e. The van der Waals surface area contributed by atoms with Gasteiger partial charge in [0, 0.05) is 19.4 Å². The van der Waals surface area contributed by atoms with E-state index in [0.29, 0.717) is 31.6 Å². The van der Waals surface area contributed by atoms with Crippen LogP contribution in [0, 0.1) is 23.7 Å². The van der Waals surface area contributed by atoms with Crippen LogP contribution >= 0.6 is 0 Å². The van der Waals surface area contributed by atoms with Gasteiger partial charge in [-0.1, -0.05) is 20.8 Å². The molecule has 2 aliphatic rings. The van der Waals surface area contributed by atoms with Gasteiger partial charge in [0.05, 0.1) is 35.9 Å². The summed E-state index contributed by atoms with van der Waals surface area (Å²) in [5.74, 6) is -2.07. The van der Waals surface area contributed by atoms with Gasteiger partial charge in [0.1, 0.15) is 18.8 Å². The molecule has 0 bridgehead atoms. The van der Waals surface area contributed by atoms with E-state index >= 15 is 0 Å². The van der Waals surface area contributed by atoms with Crippen molar-refractivity contribution in [3.05, 3.63) is 0 Å². The van der Waals surface area contributed by atoms with Crippen molar-refractivity contribution in [1.82, 2.24) is 5.32 Å². The minimum atomic E-state index is -1.77. The SMILES string of the molecule is CNC(=O)COC1C(C)C(O)[C@](C)(O)COC(=O)C(C)[C@@H](O[C@H]2CC(C)CC(C)O2)CC[C@](C)(O)C[C@H]1C. The van der Waals surface area contributed by atoms with Gasteiger partial charge in [-0.2, -0.15) is 0 Å². The quantitative estimate of drug-likeness (QED) is 0.382. The molecule has 0 aromatic rings. The Kier molecular flexibility index (Phi) is 12.0. The van der Waals surface area contributed by atoms with E-state index in [4.69, 9.17) is 18.9 Å². The Labute approximate surface area is 227 Å². The highest BCUT2D eigenvalue weighted by molar-refractivity contribution is 5.76. The van der Waals surface area contributed by atoms with Crippen molar-refractivity contribution < 1.29 is 43.9 Å². The summed E-state index contributed by atoms with van der Waals surface area (Å²) in [5.41, 5.74) is -2.92. The van der Waals surface area contributed by atoms with Gasteiger partial charge in [-0.25, -0.2) is 0 Å². The average molecular weight is 546 g/mol. The van der Waals surface area contributed by atoms with Gasteiger partial charge in [0.25, 0.3) is 0 Å². The molecule has 0 aliphatic carbocycles. The molecule has 0 aromatic heterocycles. The lowest BCUT2D eigenvalue weighted by Crippen LogP contribution is -2.53. The van der Waals surface area contributed by atoms with Crippen LogP contribution in [0.5, 0.6) is 0 Å². The Morgan fingerprint density at radius 3 is 2.39 bits per heavy atom. The van der Waals surface area contributed by atoms with E-state index < -0.39 is 60.2 Å². The van der Waals surface area contributed by atoms with Crippen LogP contribution in [-0.4, -0.2) is 89.4 Å². The van der Waals surface area contributed by atoms with E-state index in [2.05, 4.69) is 12.2 Å². The lowest BCUT2D eigenvalue weighted by Gasteiger charge is -2.41. The third-order valence-corrected chi connectivity index (χ3v) is 8.11. The summed E-state index contributed by atoms with van der Waals surface area (Å²) in [5, 5.41) is 36.0. The van der Waals surface area contributed by atoms with Crippen molar-refractivity contribution in [2.45, 2.75) is 122 Å². The number of rotatable bonds is 5. The zero-order valence-electron chi connectivity index (χ0n) is 24.4. The standard InChI is InChI=1S/C28H51NO9/c1-16-11-18(3)37-23(12-16)38-21-9-10-27(6,33)13-17(2)24(35-14-22(30)29-8)20(5)25(31)28(7,34)15-36-26(32)19(21)4/h16-21,23-25,31,33-34H,9-15H2,1-8H3,(H,29,30)/t16?,17-,18?,19?,20?,21+,23+,24?,25?,27+,28-/m1/s1. The van der Waals surface area contributed by atoms with Crippen LogP contribution in [0.4, 0.5) is 0 Å². The molecule has 2 heterocycles. The first-order chi connectivity index (χ1) is 17.6. The number of hydrogen-bond donors (Lipinski definition) is 4. The molecule has 6 unspecified atom stereocenters. The lowest BCUT2D eigenvalue weighted by atomic mass is 9.77. The number of likely N-dealkylation sites (N-methyl/N-ethyl adjacent to an activating group) is 1. The van der Waals surface area contributed by atoms with Gasteiger partial charge in [0.2, 0.25) is 5.91 Å². The molecule has 0 spiro atoms.